The Morgan fingerprint density at radius 2 is 1.84 bits per heavy atom. The van der Waals surface area contributed by atoms with Crippen LogP contribution in [0.5, 0.6) is 5.75 Å². The molecule has 0 saturated carbocycles. The summed E-state index contributed by atoms with van der Waals surface area (Å²) < 4.78 is 5.80. The van der Waals surface area contributed by atoms with E-state index in [9.17, 15) is 4.79 Å². The van der Waals surface area contributed by atoms with Gasteiger partial charge in [0.05, 0.1) is 6.61 Å². The van der Waals surface area contributed by atoms with Gasteiger partial charge >= 0.3 is 0 Å². The number of aryl methyl sites for hydroxylation is 2. The molecule has 106 valence electrons. The zero-order valence-corrected chi connectivity index (χ0v) is 12.3. The van der Waals surface area contributed by atoms with E-state index in [4.69, 9.17) is 4.74 Å². The molecule has 0 saturated heterocycles. The van der Waals surface area contributed by atoms with Gasteiger partial charge in [-0.3, -0.25) is 4.79 Å². The molecule has 1 aromatic carbocycles. The second-order valence-corrected chi connectivity index (χ2v) is 4.71. The molecule has 0 bridgehead atoms. The van der Waals surface area contributed by atoms with Crippen molar-refractivity contribution in [2.24, 2.45) is 0 Å². The lowest BCUT2D eigenvalue weighted by atomic mass is 10.1. The first kappa shape index (κ1) is 15.5. The third-order valence-electron chi connectivity index (χ3n) is 2.97. The van der Waals surface area contributed by atoms with Gasteiger partial charge in [0, 0.05) is 20.0 Å². The minimum atomic E-state index is 0.0569. The Morgan fingerprint density at radius 1 is 1.21 bits per heavy atom. The summed E-state index contributed by atoms with van der Waals surface area (Å²) in [6, 6.07) is 4.27. The Kier molecular flexibility index (Phi) is 6.36. The van der Waals surface area contributed by atoms with Crippen molar-refractivity contribution in [2.45, 2.75) is 33.2 Å². The summed E-state index contributed by atoms with van der Waals surface area (Å²) in [7, 11) is 3.59. The molecule has 4 heteroatoms. The van der Waals surface area contributed by atoms with Crippen LogP contribution in [0.1, 0.15) is 29.5 Å². The monoisotopic (exact) mass is 264 g/mol. The van der Waals surface area contributed by atoms with Crippen molar-refractivity contribution in [1.82, 2.24) is 10.6 Å². The predicted octanol–water partition coefficient (Wildman–Crippen LogP) is 1.93. The van der Waals surface area contributed by atoms with Crippen LogP contribution in [-0.4, -0.2) is 26.6 Å². The van der Waals surface area contributed by atoms with E-state index in [0.717, 1.165) is 29.8 Å². The third kappa shape index (κ3) is 4.91. The fourth-order valence-corrected chi connectivity index (χ4v) is 2.11. The van der Waals surface area contributed by atoms with Crippen LogP contribution in [0.15, 0.2) is 12.1 Å². The average Bonchev–Trinajstić information content (AvgIpc) is 2.37. The summed E-state index contributed by atoms with van der Waals surface area (Å²) in [6.45, 7) is 5.54. The topological polar surface area (TPSA) is 50.4 Å². The van der Waals surface area contributed by atoms with Gasteiger partial charge in [0.25, 0.3) is 0 Å². The summed E-state index contributed by atoms with van der Waals surface area (Å²) >= 11 is 0. The molecule has 19 heavy (non-hydrogen) atoms. The minimum absolute atomic E-state index is 0.0569. The van der Waals surface area contributed by atoms with Gasteiger partial charge in [0.1, 0.15) is 5.75 Å². The molecule has 0 aromatic heterocycles. The zero-order valence-electron chi connectivity index (χ0n) is 12.3. The normalized spacial score (nSPS) is 10.3. The zero-order chi connectivity index (χ0) is 14.3. The smallest absolute Gasteiger partial charge is 0.219 e. The molecule has 0 spiro atoms. The number of benzene rings is 1. The van der Waals surface area contributed by atoms with Gasteiger partial charge in [-0.2, -0.15) is 0 Å². The maximum Gasteiger partial charge on any atom is 0.219 e. The Balaban J connectivity index is 2.56. The van der Waals surface area contributed by atoms with Gasteiger partial charge in [-0.15, -0.1) is 0 Å². The lowest BCUT2D eigenvalue weighted by Gasteiger charge is -2.14. The highest BCUT2D eigenvalue weighted by Crippen LogP contribution is 2.25. The Bertz CT molecular complexity index is 407. The van der Waals surface area contributed by atoms with Crippen LogP contribution in [0.3, 0.4) is 0 Å². The summed E-state index contributed by atoms with van der Waals surface area (Å²) in [5.74, 6) is 0.998. The van der Waals surface area contributed by atoms with Crippen LogP contribution in [0.2, 0.25) is 0 Å². The van der Waals surface area contributed by atoms with Gasteiger partial charge in [0.2, 0.25) is 5.91 Å². The van der Waals surface area contributed by atoms with E-state index in [-0.39, 0.29) is 5.91 Å². The third-order valence-corrected chi connectivity index (χ3v) is 2.97. The molecule has 0 unspecified atom stereocenters. The van der Waals surface area contributed by atoms with Gasteiger partial charge < -0.3 is 15.4 Å². The minimum Gasteiger partial charge on any atom is -0.493 e. The number of ether oxygens (including phenoxy) is 1. The van der Waals surface area contributed by atoms with Crippen molar-refractivity contribution >= 4 is 5.91 Å². The van der Waals surface area contributed by atoms with Crippen molar-refractivity contribution in [1.29, 1.82) is 0 Å². The van der Waals surface area contributed by atoms with Gasteiger partial charge in [0.15, 0.2) is 0 Å². The van der Waals surface area contributed by atoms with Crippen LogP contribution in [0, 0.1) is 13.8 Å². The highest BCUT2D eigenvalue weighted by molar-refractivity contribution is 5.75. The first-order valence-electron chi connectivity index (χ1n) is 6.66. The van der Waals surface area contributed by atoms with Crippen LogP contribution in [0.4, 0.5) is 0 Å². The molecule has 0 aliphatic carbocycles. The largest absolute Gasteiger partial charge is 0.493 e. The highest BCUT2D eigenvalue weighted by Gasteiger charge is 2.06. The summed E-state index contributed by atoms with van der Waals surface area (Å²) in [6.07, 6.45) is 1.24. The molecule has 1 amide bonds. The molecule has 1 rings (SSSR count). The molecule has 0 fully saturated rings. The first-order chi connectivity index (χ1) is 9.08. The molecule has 1 aromatic rings. The molecule has 0 heterocycles. The molecule has 2 N–H and O–H groups in total. The number of carbonyl (C=O) groups is 1. The van der Waals surface area contributed by atoms with Crippen molar-refractivity contribution in [2.75, 3.05) is 20.7 Å². The fraction of sp³-hybridized carbons (Fsp3) is 0.533. The lowest BCUT2D eigenvalue weighted by molar-refractivity contribution is -0.120. The molecule has 4 nitrogen and oxygen atoms in total. The molecular formula is C15H24N2O2. The quantitative estimate of drug-likeness (QED) is 0.740. The fourth-order valence-electron chi connectivity index (χ4n) is 2.11. The lowest BCUT2D eigenvalue weighted by Crippen LogP contribution is -2.18. The molecular weight excluding hydrogens is 240 g/mol. The molecule has 0 atom stereocenters. The Hall–Kier alpha value is -1.55. The van der Waals surface area contributed by atoms with Crippen molar-refractivity contribution < 1.29 is 9.53 Å². The van der Waals surface area contributed by atoms with Crippen LogP contribution >= 0.6 is 0 Å². The van der Waals surface area contributed by atoms with E-state index in [1.54, 1.807) is 7.05 Å². The summed E-state index contributed by atoms with van der Waals surface area (Å²) in [5.41, 5.74) is 3.55. The van der Waals surface area contributed by atoms with Gasteiger partial charge in [-0.05, 0) is 44.0 Å². The number of carbonyl (C=O) groups excluding carboxylic acids is 1. The number of hydrogen-bond acceptors (Lipinski definition) is 3. The predicted molar refractivity (Wildman–Crippen MR) is 77.5 cm³/mol. The van der Waals surface area contributed by atoms with E-state index in [0.29, 0.717) is 13.0 Å². The second-order valence-electron chi connectivity index (χ2n) is 4.71. The van der Waals surface area contributed by atoms with Crippen LogP contribution in [-0.2, 0) is 11.3 Å². The number of amides is 1. The molecule has 0 aliphatic heterocycles. The first-order valence-corrected chi connectivity index (χ1v) is 6.66. The summed E-state index contributed by atoms with van der Waals surface area (Å²) in [4.78, 5) is 11.1. The van der Waals surface area contributed by atoms with Gasteiger partial charge in [-0.1, -0.05) is 12.1 Å². The van der Waals surface area contributed by atoms with E-state index in [1.807, 2.05) is 7.05 Å². The maximum absolute atomic E-state index is 11.1. The van der Waals surface area contributed by atoms with E-state index >= 15 is 0 Å². The van der Waals surface area contributed by atoms with Gasteiger partial charge in [-0.25, -0.2) is 0 Å². The molecule has 0 aliphatic rings. The average molecular weight is 264 g/mol. The second kappa shape index (κ2) is 7.79. The maximum atomic E-state index is 11.1. The standard InChI is InChI=1S/C15H24N2O2/c1-11-8-13(10-16-3)9-12(2)15(11)19-7-5-6-14(18)17-4/h8-9,16H,5-7,10H2,1-4H3,(H,17,18). The van der Waals surface area contributed by atoms with Crippen LogP contribution < -0.4 is 15.4 Å². The number of rotatable bonds is 7. The Labute approximate surface area is 115 Å². The van der Waals surface area contributed by atoms with Crippen molar-refractivity contribution in [3.05, 3.63) is 28.8 Å². The highest BCUT2D eigenvalue weighted by atomic mass is 16.5. The Morgan fingerprint density at radius 3 is 2.37 bits per heavy atom. The molecule has 0 radical (unpaired) electrons. The number of hydrogen-bond donors (Lipinski definition) is 2. The SMILES string of the molecule is CNCc1cc(C)c(OCCCC(=O)NC)c(C)c1. The van der Waals surface area contributed by atoms with E-state index in [2.05, 4.69) is 36.6 Å². The van der Waals surface area contributed by atoms with E-state index in [1.165, 1.54) is 5.56 Å². The number of nitrogens with one attached hydrogen (secondary N) is 2. The van der Waals surface area contributed by atoms with Crippen LogP contribution in [0.25, 0.3) is 0 Å². The van der Waals surface area contributed by atoms with E-state index < -0.39 is 0 Å². The van der Waals surface area contributed by atoms with Crippen molar-refractivity contribution in [3.63, 3.8) is 0 Å². The summed E-state index contributed by atoms with van der Waals surface area (Å²) in [5, 5.41) is 5.75. The van der Waals surface area contributed by atoms with Crippen molar-refractivity contribution in [3.8, 4) is 5.75 Å².